The SMILES string of the molecule is Cc1nn(C)c(C(=O)N2N=C(C(F)F)C[C@]2(O)C(F)F)c1[N+](=O)[O-]. The lowest BCUT2D eigenvalue weighted by Crippen LogP contribution is -2.52. The maximum Gasteiger partial charge on any atom is 0.322 e. The lowest BCUT2D eigenvalue weighted by atomic mass is 10.1. The van der Waals surface area contributed by atoms with E-state index in [2.05, 4.69) is 10.2 Å². The van der Waals surface area contributed by atoms with Gasteiger partial charge in [-0.3, -0.25) is 19.6 Å². The van der Waals surface area contributed by atoms with E-state index in [1.165, 1.54) is 6.92 Å². The number of rotatable bonds is 4. The molecular weight excluding hydrogens is 342 g/mol. The summed E-state index contributed by atoms with van der Waals surface area (Å²) in [5.41, 5.74) is -6.21. The number of halogens is 4. The molecule has 0 unspecified atom stereocenters. The predicted molar refractivity (Wildman–Crippen MR) is 69.8 cm³/mol. The van der Waals surface area contributed by atoms with Crippen LogP contribution in [0.3, 0.4) is 0 Å². The molecule has 24 heavy (non-hydrogen) atoms. The number of aliphatic hydroxyl groups is 1. The van der Waals surface area contributed by atoms with Crippen molar-refractivity contribution in [2.75, 3.05) is 0 Å². The summed E-state index contributed by atoms with van der Waals surface area (Å²) < 4.78 is 52.5. The normalized spacial score (nSPS) is 20.9. The summed E-state index contributed by atoms with van der Waals surface area (Å²) in [6.07, 6.45) is -8.19. The van der Waals surface area contributed by atoms with Crippen molar-refractivity contribution in [2.45, 2.75) is 31.9 Å². The Morgan fingerprint density at radius 3 is 2.46 bits per heavy atom. The second-order valence-corrected chi connectivity index (χ2v) is 5.03. The summed E-state index contributed by atoms with van der Waals surface area (Å²) in [4.78, 5) is 22.5. The predicted octanol–water partition coefficient (Wildman–Crippen LogP) is 1.06. The van der Waals surface area contributed by atoms with Crippen LogP contribution in [0, 0.1) is 17.0 Å². The summed E-state index contributed by atoms with van der Waals surface area (Å²) in [6, 6.07) is 0. The molecule has 0 saturated carbocycles. The van der Waals surface area contributed by atoms with Crippen molar-refractivity contribution >= 4 is 17.3 Å². The molecule has 9 nitrogen and oxygen atoms in total. The number of aromatic nitrogens is 2. The van der Waals surface area contributed by atoms with E-state index in [1.54, 1.807) is 0 Å². The Balaban J connectivity index is 2.57. The number of amides is 1. The summed E-state index contributed by atoms with van der Waals surface area (Å²) in [5.74, 6) is -1.54. The Bertz CT molecular complexity index is 734. The van der Waals surface area contributed by atoms with E-state index in [0.717, 1.165) is 11.7 Å². The van der Waals surface area contributed by atoms with Gasteiger partial charge in [0.15, 0.2) is 0 Å². The van der Waals surface area contributed by atoms with E-state index in [-0.39, 0.29) is 10.7 Å². The standard InChI is InChI=1S/C11H11F4N5O4/c1-4-6(20(23)24)7(18(2)16-4)9(21)19-11(22,10(14)15)3-5(17-19)8(12)13/h8,10,22H,3H2,1-2H3/t11-/m0/s1. The summed E-state index contributed by atoms with van der Waals surface area (Å²) in [6.45, 7) is 1.20. The molecule has 0 fully saturated rings. The number of carbonyl (C=O) groups excluding carboxylic acids is 1. The molecule has 1 N–H and O–H groups in total. The fourth-order valence-electron chi connectivity index (χ4n) is 2.31. The minimum Gasteiger partial charge on any atom is -0.364 e. The van der Waals surface area contributed by atoms with Crippen molar-refractivity contribution in [2.24, 2.45) is 12.1 Å². The number of hydrogen-bond donors (Lipinski definition) is 1. The van der Waals surface area contributed by atoms with Gasteiger partial charge in [-0.2, -0.15) is 15.2 Å². The Labute approximate surface area is 131 Å². The second kappa shape index (κ2) is 5.81. The minimum absolute atomic E-state index is 0.191. The highest BCUT2D eigenvalue weighted by molar-refractivity contribution is 6.00. The van der Waals surface area contributed by atoms with Crippen molar-refractivity contribution in [3.8, 4) is 0 Å². The molecule has 0 spiro atoms. The van der Waals surface area contributed by atoms with Gasteiger partial charge < -0.3 is 5.11 Å². The van der Waals surface area contributed by atoms with Crippen LogP contribution in [-0.4, -0.2) is 55.0 Å². The number of hydrazone groups is 1. The minimum atomic E-state index is -3.63. The topological polar surface area (TPSA) is 114 Å². The Kier molecular flexibility index (Phi) is 4.31. The number of alkyl halides is 4. The van der Waals surface area contributed by atoms with Crippen molar-refractivity contribution in [1.82, 2.24) is 14.8 Å². The zero-order valence-electron chi connectivity index (χ0n) is 12.3. The molecular formula is C11H11F4N5O4. The molecule has 2 heterocycles. The molecule has 0 aliphatic carbocycles. The van der Waals surface area contributed by atoms with Gasteiger partial charge in [-0.05, 0) is 6.92 Å². The maximum atomic E-state index is 13.1. The molecule has 1 aromatic rings. The highest BCUT2D eigenvalue weighted by Crippen LogP contribution is 2.35. The fraction of sp³-hybridized carbons (Fsp3) is 0.545. The maximum absolute atomic E-state index is 13.1. The first-order valence-corrected chi connectivity index (χ1v) is 6.39. The van der Waals surface area contributed by atoms with Crippen LogP contribution in [-0.2, 0) is 7.05 Å². The third-order valence-electron chi connectivity index (χ3n) is 3.41. The molecule has 0 aromatic carbocycles. The molecule has 0 radical (unpaired) electrons. The van der Waals surface area contributed by atoms with Gasteiger partial charge in [0.25, 0.3) is 12.9 Å². The Hall–Kier alpha value is -2.57. The highest BCUT2D eigenvalue weighted by atomic mass is 19.3. The summed E-state index contributed by atoms with van der Waals surface area (Å²) >= 11 is 0. The second-order valence-electron chi connectivity index (χ2n) is 5.03. The quantitative estimate of drug-likeness (QED) is 0.494. The van der Waals surface area contributed by atoms with Crippen molar-refractivity contribution in [3.63, 3.8) is 0 Å². The van der Waals surface area contributed by atoms with E-state index < -0.39 is 52.9 Å². The van der Waals surface area contributed by atoms with Gasteiger partial charge in [-0.1, -0.05) is 0 Å². The lowest BCUT2D eigenvalue weighted by Gasteiger charge is -2.29. The number of nitro groups is 1. The molecule has 13 heteroatoms. The number of carbonyl (C=O) groups is 1. The van der Waals surface area contributed by atoms with E-state index in [4.69, 9.17) is 0 Å². The molecule has 1 amide bonds. The summed E-state index contributed by atoms with van der Waals surface area (Å²) in [5, 5.41) is 27.4. The molecule has 2 rings (SSSR count). The van der Waals surface area contributed by atoms with Crippen LogP contribution in [0.2, 0.25) is 0 Å². The average Bonchev–Trinajstić information content (AvgIpc) is 2.96. The van der Waals surface area contributed by atoms with Crippen LogP contribution in [0.4, 0.5) is 23.2 Å². The lowest BCUT2D eigenvalue weighted by molar-refractivity contribution is -0.385. The monoisotopic (exact) mass is 353 g/mol. The third-order valence-corrected chi connectivity index (χ3v) is 3.41. The summed E-state index contributed by atoms with van der Waals surface area (Å²) in [7, 11) is 1.13. The van der Waals surface area contributed by atoms with E-state index >= 15 is 0 Å². The molecule has 132 valence electrons. The third kappa shape index (κ3) is 2.60. The van der Waals surface area contributed by atoms with Crippen molar-refractivity contribution < 1.29 is 32.4 Å². The van der Waals surface area contributed by atoms with Gasteiger partial charge in [-0.25, -0.2) is 17.6 Å². The molecule has 0 bridgehead atoms. The van der Waals surface area contributed by atoms with E-state index in [9.17, 15) is 37.6 Å². The number of hydrogen-bond acceptors (Lipinski definition) is 6. The first kappa shape index (κ1) is 17.8. The van der Waals surface area contributed by atoms with Gasteiger partial charge >= 0.3 is 11.6 Å². The van der Waals surface area contributed by atoms with Crippen LogP contribution in [0.1, 0.15) is 22.6 Å². The van der Waals surface area contributed by atoms with Crippen molar-refractivity contribution in [3.05, 3.63) is 21.5 Å². The Morgan fingerprint density at radius 1 is 1.42 bits per heavy atom. The first-order valence-electron chi connectivity index (χ1n) is 6.39. The molecule has 1 aliphatic heterocycles. The van der Waals surface area contributed by atoms with Gasteiger partial charge in [0.1, 0.15) is 11.4 Å². The highest BCUT2D eigenvalue weighted by Gasteiger charge is 2.54. The number of nitrogens with zero attached hydrogens (tertiary/aromatic N) is 5. The molecule has 1 atom stereocenters. The smallest absolute Gasteiger partial charge is 0.322 e. The van der Waals surface area contributed by atoms with Crippen LogP contribution < -0.4 is 0 Å². The molecule has 1 aliphatic rings. The Morgan fingerprint density at radius 2 is 2.00 bits per heavy atom. The first-order chi connectivity index (χ1) is 11.0. The van der Waals surface area contributed by atoms with Crippen LogP contribution in [0.15, 0.2) is 5.10 Å². The van der Waals surface area contributed by atoms with Crippen LogP contribution in [0.25, 0.3) is 0 Å². The average molecular weight is 353 g/mol. The fourth-order valence-corrected chi connectivity index (χ4v) is 2.31. The van der Waals surface area contributed by atoms with Crippen molar-refractivity contribution in [1.29, 1.82) is 0 Å². The van der Waals surface area contributed by atoms with Crippen LogP contribution >= 0.6 is 0 Å². The zero-order valence-corrected chi connectivity index (χ0v) is 12.3. The number of aryl methyl sites for hydroxylation is 2. The largest absolute Gasteiger partial charge is 0.364 e. The molecule has 0 saturated heterocycles. The van der Waals surface area contributed by atoms with Gasteiger partial charge in [0.05, 0.1) is 4.92 Å². The zero-order chi connectivity index (χ0) is 18.4. The van der Waals surface area contributed by atoms with Gasteiger partial charge in [0.2, 0.25) is 11.4 Å². The molecule has 1 aromatic heterocycles. The van der Waals surface area contributed by atoms with E-state index in [1.807, 2.05) is 0 Å². The van der Waals surface area contributed by atoms with E-state index in [0.29, 0.717) is 0 Å². The van der Waals surface area contributed by atoms with Crippen LogP contribution in [0.5, 0.6) is 0 Å². The van der Waals surface area contributed by atoms with Gasteiger partial charge in [0, 0.05) is 13.5 Å². The van der Waals surface area contributed by atoms with Gasteiger partial charge in [-0.15, -0.1) is 0 Å².